The first-order valence-corrected chi connectivity index (χ1v) is 5.90. The smallest absolute Gasteiger partial charge is 0.142 e. The molecule has 0 aliphatic heterocycles. The zero-order valence-electron chi connectivity index (χ0n) is 9.43. The van der Waals surface area contributed by atoms with E-state index in [1.54, 1.807) is 6.07 Å². The van der Waals surface area contributed by atoms with E-state index in [0.29, 0.717) is 12.4 Å². The zero-order valence-corrected chi connectivity index (χ0v) is 10.2. The number of hydrogen-bond donors (Lipinski definition) is 1. The van der Waals surface area contributed by atoms with E-state index in [2.05, 4.69) is 12.2 Å². The summed E-state index contributed by atoms with van der Waals surface area (Å²) in [6.07, 6.45) is 2.06. The van der Waals surface area contributed by atoms with Crippen LogP contribution in [0, 0.1) is 5.82 Å². The molecule has 0 amide bonds. The number of nitrogens with one attached hydrogen (secondary N) is 1. The summed E-state index contributed by atoms with van der Waals surface area (Å²) in [6, 6.07) is 4.39. The summed E-state index contributed by atoms with van der Waals surface area (Å²) in [6.45, 7) is 4.70. The van der Waals surface area contributed by atoms with Gasteiger partial charge in [0, 0.05) is 6.07 Å². The van der Waals surface area contributed by atoms with Crippen LogP contribution >= 0.6 is 11.6 Å². The second-order valence-corrected chi connectivity index (χ2v) is 3.94. The van der Waals surface area contributed by atoms with Gasteiger partial charge in [0.05, 0.1) is 11.6 Å². The Hall–Kier alpha value is -0.800. The third kappa shape index (κ3) is 4.81. The van der Waals surface area contributed by atoms with E-state index in [4.69, 9.17) is 16.3 Å². The van der Waals surface area contributed by atoms with Crippen LogP contribution in [-0.4, -0.2) is 19.7 Å². The molecule has 0 saturated carbocycles. The molecule has 90 valence electrons. The van der Waals surface area contributed by atoms with Crippen molar-refractivity contribution in [1.82, 2.24) is 5.32 Å². The van der Waals surface area contributed by atoms with Gasteiger partial charge in [0.25, 0.3) is 0 Å². The molecule has 16 heavy (non-hydrogen) atoms. The summed E-state index contributed by atoms with van der Waals surface area (Å²) >= 11 is 5.63. The van der Waals surface area contributed by atoms with E-state index in [-0.39, 0.29) is 5.02 Å². The third-order valence-electron chi connectivity index (χ3n) is 2.08. The molecule has 0 aliphatic rings. The van der Waals surface area contributed by atoms with Crippen LogP contribution in [0.5, 0.6) is 5.75 Å². The molecule has 1 aromatic rings. The van der Waals surface area contributed by atoms with Crippen LogP contribution in [0.25, 0.3) is 0 Å². The Morgan fingerprint density at radius 3 is 2.88 bits per heavy atom. The van der Waals surface area contributed by atoms with Crippen molar-refractivity contribution in [2.24, 2.45) is 0 Å². The van der Waals surface area contributed by atoms with Gasteiger partial charge < -0.3 is 10.1 Å². The summed E-state index contributed by atoms with van der Waals surface area (Å²) in [4.78, 5) is 0. The van der Waals surface area contributed by atoms with E-state index < -0.39 is 5.82 Å². The predicted molar refractivity (Wildman–Crippen MR) is 64.7 cm³/mol. The first-order valence-electron chi connectivity index (χ1n) is 5.52. The average Bonchev–Trinajstić information content (AvgIpc) is 2.28. The largest absolute Gasteiger partial charge is 0.493 e. The van der Waals surface area contributed by atoms with Gasteiger partial charge in [-0.2, -0.15) is 0 Å². The van der Waals surface area contributed by atoms with Crippen LogP contribution in [0.3, 0.4) is 0 Å². The van der Waals surface area contributed by atoms with Crippen molar-refractivity contribution in [3.05, 3.63) is 29.0 Å². The Kier molecular flexibility index (Phi) is 6.19. The minimum Gasteiger partial charge on any atom is -0.493 e. The van der Waals surface area contributed by atoms with Crippen molar-refractivity contribution in [3.63, 3.8) is 0 Å². The van der Waals surface area contributed by atoms with Gasteiger partial charge in [-0.3, -0.25) is 0 Å². The number of halogens is 2. The fourth-order valence-electron chi connectivity index (χ4n) is 1.26. The maximum Gasteiger partial charge on any atom is 0.142 e. The molecule has 2 nitrogen and oxygen atoms in total. The zero-order chi connectivity index (χ0) is 11.8. The second-order valence-electron chi connectivity index (χ2n) is 3.53. The van der Waals surface area contributed by atoms with Crippen molar-refractivity contribution in [1.29, 1.82) is 0 Å². The lowest BCUT2D eigenvalue weighted by Crippen LogP contribution is -2.18. The molecular weight excluding hydrogens is 229 g/mol. The highest BCUT2D eigenvalue weighted by Crippen LogP contribution is 2.20. The van der Waals surface area contributed by atoms with Gasteiger partial charge in [-0.1, -0.05) is 18.5 Å². The fraction of sp³-hybridized carbons (Fsp3) is 0.500. The number of ether oxygens (including phenoxy) is 1. The molecule has 0 unspecified atom stereocenters. The van der Waals surface area contributed by atoms with Gasteiger partial charge in [0.1, 0.15) is 11.6 Å². The maximum absolute atomic E-state index is 12.8. The molecule has 1 aromatic carbocycles. The van der Waals surface area contributed by atoms with Gasteiger partial charge in [-0.15, -0.1) is 0 Å². The van der Waals surface area contributed by atoms with Crippen molar-refractivity contribution >= 4 is 11.6 Å². The molecule has 0 aliphatic carbocycles. The fourth-order valence-corrected chi connectivity index (χ4v) is 1.43. The first kappa shape index (κ1) is 13.3. The maximum atomic E-state index is 12.8. The van der Waals surface area contributed by atoms with E-state index in [9.17, 15) is 4.39 Å². The summed E-state index contributed by atoms with van der Waals surface area (Å²) < 4.78 is 18.3. The van der Waals surface area contributed by atoms with Crippen LogP contribution in [0.2, 0.25) is 5.02 Å². The van der Waals surface area contributed by atoms with Gasteiger partial charge in [0.2, 0.25) is 0 Å². The van der Waals surface area contributed by atoms with Crippen molar-refractivity contribution < 1.29 is 9.13 Å². The Morgan fingerprint density at radius 1 is 1.38 bits per heavy atom. The Morgan fingerprint density at radius 2 is 2.19 bits per heavy atom. The average molecular weight is 246 g/mol. The minimum absolute atomic E-state index is 0.0987. The molecule has 0 spiro atoms. The van der Waals surface area contributed by atoms with Crippen molar-refractivity contribution in [3.8, 4) is 5.75 Å². The standard InChI is InChI=1S/C12H17ClFNO/c1-2-6-15-7-3-8-16-10-4-5-12(14)11(13)9-10/h4-5,9,15H,2-3,6-8H2,1H3. The molecule has 0 bridgehead atoms. The van der Waals surface area contributed by atoms with E-state index >= 15 is 0 Å². The molecule has 0 heterocycles. The Balaban J connectivity index is 2.19. The Labute approximate surface area is 101 Å². The minimum atomic E-state index is -0.418. The SMILES string of the molecule is CCCNCCCOc1ccc(F)c(Cl)c1. The second kappa shape index (κ2) is 7.47. The van der Waals surface area contributed by atoms with Crippen molar-refractivity contribution in [2.75, 3.05) is 19.7 Å². The third-order valence-corrected chi connectivity index (χ3v) is 2.37. The Bertz CT molecular complexity index is 320. The van der Waals surface area contributed by atoms with Gasteiger partial charge in [-0.05, 0) is 38.1 Å². The first-order chi connectivity index (χ1) is 7.74. The highest BCUT2D eigenvalue weighted by Gasteiger charge is 2.01. The van der Waals surface area contributed by atoms with Crippen LogP contribution < -0.4 is 10.1 Å². The van der Waals surface area contributed by atoms with Crippen LogP contribution in [0.1, 0.15) is 19.8 Å². The van der Waals surface area contributed by atoms with E-state index in [1.807, 2.05) is 0 Å². The summed E-state index contributed by atoms with van der Waals surface area (Å²) in [5.74, 6) is 0.195. The molecule has 0 atom stereocenters. The topological polar surface area (TPSA) is 21.3 Å². The quantitative estimate of drug-likeness (QED) is 0.745. The van der Waals surface area contributed by atoms with Crippen LogP contribution in [0.15, 0.2) is 18.2 Å². The van der Waals surface area contributed by atoms with Gasteiger partial charge in [-0.25, -0.2) is 4.39 Å². The van der Waals surface area contributed by atoms with E-state index in [1.165, 1.54) is 12.1 Å². The summed E-state index contributed by atoms with van der Waals surface area (Å²) in [7, 11) is 0. The predicted octanol–water partition coefficient (Wildman–Crippen LogP) is 3.25. The van der Waals surface area contributed by atoms with Gasteiger partial charge >= 0.3 is 0 Å². The molecular formula is C12H17ClFNO. The number of benzene rings is 1. The van der Waals surface area contributed by atoms with Gasteiger partial charge in [0.15, 0.2) is 0 Å². The van der Waals surface area contributed by atoms with Crippen LogP contribution in [0.4, 0.5) is 4.39 Å². The molecule has 0 saturated heterocycles. The monoisotopic (exact) mass is 245 g/mol. The molecule has 0 aromatic heterocycles. The molecule has 1 rings (SSSR count). The summed E-state index contributed by atoms with van der Waals surface area (Å²) in [5.41, 5.74) is 0. The highest BCUT2D eigenvalue weighted by molar-refractivity contribution is 6.30. The van der Waals surface area contributed by atoms with Crippen molar-refractivity contribution in [2.45, 2.75) is 19.8 Å². The molecule has 0 radical (unpaired) electrons. The molecule has 4 heteroatoms. The molecule has 1 N–H and O–H groups in total. The van der Waals surface area contributed by atoms with Crippen LogP contribution in [-0.2, 0) is 0 Å². The number of rotatable bonds is 7. The lowest BCUT2D eigenvalue weighted by Gasteiger charge is -2.07. The number of hydrogen-bond acceptors (Lipinski definition) is 2. The van der Waals surface area contributed by atoms with E-state index in [0.717, 1.165) is 25.9 Å². The highest BCUT2D eigenvalue weighted by atomic mass is 35.5. The lowest BCUT2D eigenvalue weighted by molar-refractivity contribution is 0.308. The lowest BCUT2D eigenvalue weighted by atomic mass is 10.3. The summed E-state index contributed by atoms with van der Waals surface area (Å²) in [5, 5.41) is 3.37. The molecule has 0 fully saturated rings. The normalized spacial score (nSPS) is 10.4.